The molecule has 0 saturated carbocycles. The average molecular weight is 293 g/mol. The smallest absolute Gasteiger partial charge is 0.281 e. The minimum atomic E-state index is -4.39. The predicted octanol–water partition coefficient (Wildman–Crippen LogP) is 4.70. The van der Waals surface area contributed by atoms with E-state index in [1.807, 2.05) is 19.1 Å². The van der Waals surface area contributed by atoms with E-state index in [0.29, 0.717) is 11.4 Å². The molecule has 0 aliphatic rings. The molecule has 0 radical (unpaired) electrons. The van der Waals surface area contributed by atoms with E-state index in [0.717, 1.165) is 17.7 Å². The molecule has 0 fully saturated rings. The van der Waals surface area contributed by atoms with Gasteiger partial charge in [-0.1, -0.05) is 18.2 Å². The van der Waals surface area contributed by atoms with Gasteiger partial charge in [0.1, 0.15) is 0 Å². The summed E-state index contributed by atoms with van der Waals surface area (Å²) in [6.45, 7) is 3.22. The summed E-state index contributed by atoms with van der Waals surface area (Å²) in [5.41, 5.74) is 1.20. The Bertz CT molecular complexity index is 647. The number of amides is 1. The van der Waals surface area contributed by atoms with Gasteiger partial charge in [-0.2, -0.15) is 13.2 Å². The Morgan fingerprint density at radius 2 is 1.57 bits per heavy atom. The van der Waals surface area contributed by atoms with Crippen LogP contribution >= 0.6 is 0 Å². The maximum atomic E-state index is 12.6. The van der Waals surface area contributed by atoms with E-state index in [1.165, 1.54) is 24.0 Å². The van der Waals surface area contributed by atoms with Gasteiger partial charge in [0.15, 0.2) is 0 Å². The Labute approximate surface area is 120 Å². The van der Waals surface area contributed by atoms with Crippen molar-refractivity contribution < 1.29 is 18.0 Å². The molecule has 0 unspecified atom stereocenters. The number of nitrogens with zero attached hydrogens (tertiary/aromatic N) is 1. The molecule has 0 N–H and O–H groups in total. The number of anilines is 2. The first-order valence-electron chi connectivity index (χ1n) is 6.34. The molecule has 0 aromatic heterocycles. The van der Waals surface area contributed by atoms with Gasteiger partial charge >= 0.3 is 6.18 Å². The monoisotopic (exact) mass is 293 g/mol. The maximum Gasteiger partial charge on any atom is 0.416 e. The summed E-state index contributed by atoms with van der Waals surface area (Å²) in [4.78, 5) is 13.3. The van der Waals surface area contributed by atoms with Gasteiger partial charge in [-0.15, -0.1) is 0 Å². The molecule has 0 heterocycles. The normalized spacial score (nSPS) is 11.3. The van der Waals surface area contributed by atoms with Gasteiger partial charge in [0.05, 0.1) is 11.3 Å². The van der Waals surface area contributed by atoms with Crippen LogP contribution in [0.25, 0.3) is 0 Å². The minimum Gasteiger partial charge on any atom is -0.281 e. The third-order valence-electron chi connectivity index (χ3n) is 3.12. The zero-order valence-corrected chi connectivity index (χ0v) is 11.6. The van der Waals surface area contributed by atoms with Crippen LogP contribution in [0.2, 0.25) is 0 Å². The van der Waals surface area contributed by atoms with Crippen LogP contribution in [-0.2, 0) is 11.0 Å². The van der Waals surface area contributed by atoms with Crippen molar-refractivity contribution in [3.05, 3.63) is 59.7 Å². The summed E-state index contributed by atoms with van der Waals surface area (Å²) in [6, 6.07) is 11.8. The van der Waals surface area contributed by atoms with Crippen molar-refractivity contribution in [1.29, 1.82) is 0 Å². The van der Waals surface area contributed by atoms with Crippen LogP contribution in [-0.4, -0.2) is 5.91 Å². The van der Waals surface area contributed by atoms with Crippen molar-refractivity contribution in [2.24, 2.45) is 0 Å². The van der Waals surface area contributed by atoms with Crippen molar-refractivity contribution in [3.63, 3.8) is 0 Å². The predicted molar refractivity (Wildman–Crippen MR) is 75.4 cm³/mol. The van der Waals surface area contributed by atoms with E-state index < -0.39 is 11.7 Å². The van der Waals surface area contributed by atoms with Crippen molar-refractivity contribution in [1.82, 2.24) is 0 Å². The summed E-state index contributed by atoms with van der Waals surface area (Å²) < 4.78 is 37.8. The highest BCUT2D eigenvalue weighted by Crippen LogP contribution is 2.33. The van der Waals surface area contributed by atoms with Crippen LogP contribution in [0.1, 0.15) is 18.1 Å². The Kier molecular flexibility index (Phi) is 4.02. The first kappa shape index (κ1) is 15.1. The second kappa shape index (κ2) is 5.60. The lowest BCUT2D eigenvalue weighted by molar-refractivity contribution is -0.137. The van der Waals surface area contributed by atoms with Gasteiger partial charge in [-0.3, -0.25) is 9.69 Å². The molecule has 2 rings (SSSR count). The molecular formula is C16H14F3NO. The van der Waals surface area contributed by atoms with Gasteiger partial charge in [-0.05, 0) is 42.8 Å². The lowest BCUT2D eigenvalue weighted by Crippen LogP contribution is -2.23. The van der Waals surface area contributed by atoms with E-state index in [2.05, 4.69) is 0 Å². The fraction of sp³-hybridized carbons (Fsp3) is 0.188. The van der Waals surface area contributed by atoms with Gasteiger partial charge in [0.25, 0.3) is 0 Å². The lowest BCUT2D eigenvalue weighted by atomic mass is 10.1. The highest BCUT2D eigenvalue weighted by Gasteiger charge is 2.30. The topological polar surface area (TPSA) is 20.3 Å². The highest BCUT2D eigenvalue weighted by atomic mass is 19.4. The molecule has 0 spiro atoms. The minimum absolute atomic E-state index is 0.260. The molecule has 0 aliphatic heterocycles. The Morgan fingerprint density at radius 3 is 2.05 bits per heavy atom. The van der Waals surface area contributed by atoms with E-state index in [4.69, 9.17) is 0 Å². The molecule has 2 aromatic rings. The van der Waals surface area contributed by atoms with E-state index in [1.54, 1.807) is 12.1 Å². The SMILES string of the molecule is CC(=O)N(c1ccc(C(F)(F)F)cc1)c1ccccc1C. The molecule has 0 saturated heterocycles. The fourth-order valence-corrected chi connectivity index (χ4v) is 2.10. The first-order chi connectivity index (χ1) is 9.80. The number of hydrogen-bond acceptors (Lipinski definition) is 1. The van der Waals surface area contributed by atoms with Crippen molar-refractivity contribution >= 4 is 17.3 Å². The molecule has 21 heavy (non-hydrogen) atoms. The zero-order chi connectivity index (χ0) is 15.6. The molecule has 1 amide bonds. The van der Waals surface area contributed by atoms with Crippen molar-refractivity contribution in [2.75, 3.05) is 4.90 Å². The van der Waals surface area contributed by atoms with E-state index in [-0.39, 0.29) is 5.91 Å². The Balaban J connectivity index is 2.45. The lowest BCUT2D eigenvalue weighted by Gasteiger charge is -2.23. The second-order valence-corrected chi connectivity index (χ2v) is 4.69. The number of halogens is 3. The van der Waals surface area contributed by atoms with Crippen LogP contribution in [0, 0.1) is 6.92 Å². The summed E-state index contributed by atoms with van der Waals surface area (Å²) in [7, 11) is 0. The van der Waals surface area contributed by atoms with Crippen LogP contribution in [0.15, 0.2) is 48.5 Å². The molecule has 5 heteroatoms. The van der Waals surface area contributed by atoms with Crippen LogP contribution in [0.4, 0.5) is 24.5 Å². The van der Waals surface area contributed by atoms with Crippen LogP contribution < -0.4 is 4.90 Å². The molecule has 0 atom stereocenters. The van der Waals surface area contributed by atoms with Crippen LogP contribution in [0.5, 0.6) is 0 Å². The molecular weight excluding hydrogens is 279 g/mol. The number of para-hydroxylation sites is 1. The number of rotatable bonds is 2. The number of benzene rings is 2. The van der Waals surface area contributed by atoms with Crippen molar-refractivity contribution in [3.8, 4) is 0 Å². The number of carbonyl (C=O) groups is 1. The number of carbonyl (C=O) groups excluding carboxylic acids is 1. The third kappa shape index (κ3) is 3.24. The summed E-state index contributed by atoms with van der Waals surface area (Å²) >= 11 is 0. The van der Waals surface area contributed by atoms with Crippen LogP contribution in [0.3, 0.4) is 0 Å². The quantitative estimate of drug-likeness (QED) is 0.786. The van der Waals surface area contributed by atoms with Gasteiger partial charge in [0, 0.05) is 12.6 Å². The van der Waals surface area contributed by atoms with Gasteiger partial charge < -0.3 is 0 Å². The number of aryl methyl sites for hydroxylation is 1. The average Bonchev–Trinajstić information content (AvgIpc) is 2.40. The summed E-state index contributed by atoms with van der Waals surface area (Å²) in [6.07, 6.45) is -4.39. The first-order valence-corrected chi connectivity index (χ1v) is 6.34. The third-order valence-corrected chi connectivity index (χ3v) is 3.12. The summed E-state index contributed by atoms with van der Waals surface area (Å²) in [5.74, 6) is -0.260. The Hall–Kier alpha value is -2.30. The maximum absolute atomic E-state index is 12.6. The molecule has 2 nitrogen and oxygen atoms in total. The largest absolute Gasteiger partial charge is 0.416 e. The molecule has 2 aromatic carbocycles. The standard InChI is InChI=1S/C16H14F3NO/c1-11-5-3-4-6-15(11)20(12(2)21)14-9-7-13(8-10-14)16(17,18)19/h3-10H,1-2H3. The van der Waals surface area contributed by atoms with E-state index >= 15 is 0 Å². The number of hydrogen-bond donors (Lipinski definition) is 0. The van der Waals surface area contributed by atoms with Crippen molar-refractivity contribution in [2.45, 2.75) is 20.0 Å². The highest BCUT2D eigenvalue weighted by molar-refractivity contribution is 5.99. The van der Waals surface area contributed by atoms with Gasteiger partial charge in [-0.25, -0.2) is 0 Å². The zero-order valence-electron chi connectivity index (χ0n) is 11.6. The number of alkyl halides is 3. The van der Waals surface area contributed by atoms with Gasteiger partial charge in [0.2, 0.25) is 5.91 Å². The molecule has 110 valence electrons. The fourth-order valence-electron chi connectivity index (χ4n) is 2.10. The summed E-state index contributed by atoms with van der Waals surface area (Å²) in [5, 5.41) is 0. The second-order valence-electron chi connectivity index (χ2n) is 4.69. The van der Waals surface area contributed by atoms with E-state index in [9.17, 15) is 18.0 Å². The molecule has 0 aliphatic carbocycles. The molecule has 0 bridgehead atoms. The Morgan fingerprint density at radius 1 is 1.00 bits per heavy atom.